The smallest absolute Gasteiger partial charge is 0.412 e. The molecule has 0 aliphatic heterocycles. The number of para-hydroxylation sites is 5. The minimum Gasteiger partial charge on any atom is -0.478 e. The molecule has 0 unspecified atom stereocenters. The largest absolute Gasteiger partial charge is 0.478 e. The zero-order chi connectivity index (χ0) is 90.6. The van der Waals surface area contributed by atoms with Gasteiger partial charge in [0.05, 0.1) is 79.1 Å². The number of nitrogens with zero attached hydrogens (tertiary/aromatic N) is 6. The lowest BCUT2D eigenvalue weighted by atomic mass is 10.1. The van der Waals surface area contributed by atoms with Gasteiger partial charge in [0.15, 0.2) is 16.1 Å². The third kappa shape index (κ3) is 40.6. The molecule has 10 aromatic rings. The van der Waals surface area contributed by atoms with Crippen molar-refractivity contribution in [1.29, 1.82) is 0 Å². The minimum absolute atomic E-state index is 0.0189. The molecule has 4 fully saturated rings. The average Bonchev–Trinajstić information content (AvgIpc) is 1.33. The molecule has 0 bridgehead atoms. The van der Waals surface area contributed by atoms with E-state index < -0.39 is 52.5 Å². The Balaban J connectivity index is 0.000000247. The Kier molecular flexibility index (Phi) is 41.3. The number of rotatable bonds is 13. The summed E-state index contributed by atoms with van der Waals surface area (Å²) in [4.78, 5) is 138. The maximum Gasteiger partial charge on any atom is 0.412 e. The van der Waals surface area contributed by atoms with Gasteiger partial charge in [0.2, 0.25) is 15.9 Å². The molecule has 33 nitrogen and oxygen atoms in total. The number of H-pyrrole nitrogens is 2. The summed E-state index contributed by atoms with van der Waals surface area (Å²) in [7, 11) is 0. The van der Waals surface area contributed by atoms with E-state index in [2.05, 4.69) is 66.8 Å². The lowest BCUT2D eigenvalue weighted by molar-refractivity contribution is 0.0623. The van der Waals surface area contributed by atoms with Crippen LogP contribution in [0.2, 0.25) is 46.2 Å². The van der Waals surface area contributed by atoms with E-state index in [-0.39, 0.29) is 77.3 Å². The third-order valence-corrected chi connectivity index (χ3v) is 17.2. The molecule has 6 aromatic carbocycles. The number of carboxylic acid groups (broad SMARTS) is 3. The number of amides is 5. The number of hydrogen-bond acceptors (Lipinski definition) is 23. The molecule has 4 heterocycles. The van der Waals surface area contributed by atoms with Crippen molar-refractivity contribution in [1.82, 2.24) is 55.8 Å². The van der Waals surface area contributed by atoms with Crippen LogP contribution in [-0.4, -0.2) is 138 Å². The van der Waals surface area contributed by atoms with Crippen LogP contribution in [0.5, 0.6) is 0 Å². The summed E-state index contributed by atoms with van der Waals surface area (Å²) in [5.74, 6) is -2.99. The molecule has 42 heteroatoms. The number of halogens is 9. The highest BCUT2D eigenvalue weighted by Crippen LogP contribution is 2.29. The van der Waals surface area contributed by atoms with Gasteiger partial charge in [-0.3, -0.25) is 34.8 Å². The van der Waals surface area contributed by atoms with Crippen LogP contribution in [0.4, 0.5) is 49.5 Å². The lowest BCUT2D eigenvalue weighted by Gasteiger charge is -2.20. The van der Waals surface area contributed by atoms with Crippen molar-refractivity contribution >= 4 is 192 Å². The molecule has 5 amide bonds. The standard InChI is InChI=1S/C15H20N2O3.C14H12Cl2N4O.C12H15NO4.C10H12N2O.2C7H7NO2.2C4HCl3N2.C4H3ClN2O2.C3H7N/c1-15(2,3)20-14(19)17-12-7-5-4-6-11(12)13(18)16-10-8-9-10;15-10-7-17-14(16)20-12(10)19-11-4-2-1-3-9(11)13(21)18-8-5-6-8;1-12(2,3)17-11(16)13-9-7-5-4-6-8(9)10(14)15;11-9-4-2-1-3-8(9)10(13)12-7-5-6-7;8-6-3-1-5(2-4-6)7(9)10;8-6-4-2-1-3-5(6)7(9)10;2*5-2-1-8-4(7)9-3(2)6;5-2-1-6-4(9)7-3(2)8;4-3-1-2-3/h4-7,10H,8-9H2,1-3H3,(H,16,18)(H,17,19);1-4,7-8H,5-6H2,(H,18,21)(H,17,19,20);4-7H,1-3H3,(H,13,16)(H,14,15);1-4,7H,5-6,11H2,(H,12,13);2*1-4H,8H2,(H,9,10);2*1H;1H,(H2,6,7,8,9);3H,1-2,4H2. The van der Waals surface area contributed by atoms with E-state index in [1.807, 2.05) is 29.2 Å². The number of carbonyl (C=O) groups excluding carboxylic acids is 5. The molecule has 648 valence electrons. The van der Waals surface area contributed by atoms with Crippen molar-refractivity contribution in [2.24, 2.45) is 5.73 Å². The number of hydrogen-bond donors (Lipinski definition) is 15. The van der Waals surface area contributed by atoms with Gasteiger partial charge in [-0.15, -0.1) is 0 Å². The van der Waals surface area contributed by atoms with Gasteiger partial charge in [-0.1, -0.05) is 130 Å². The molecule has 19 N–H and O–H groups in total. The Labute approximate surface area is 744 Å². The van der Waals surface area contributed by atoms with Crippen LogP contribution in [0.3, 0.4) is 0 Å². The summed E-state index contributed by atoms with van der Waals surface area (Å²) in [5, 5.41) is 44.2. The fourth-order valence-corrected chi connectivity index (χ4v) is 9.55. The van der Waals surface area contributed by atoms with Crippen LogP contribution in [-0.2, 0) is 9.47 Å². The minimum atomic E-state index is -1.10. The first-order valence-electron chi connectivity index (χ1n) is 36.2. The van der Waals surface area contributed by atoms with Crippen LogP contribution in [0, 0.1) is 0 Å². The second-order valence-electron chi connectivity index (χ2n) is 27.6. The molecule has 4 aromatic heterocycles. The SMILES string of the molecule is CC(C)(C)OC(=O)Nc1ccccc1C(=O)NC1CC1.CC(C)(C)OC(=O)Nc1ccccc1C(=O)O.Clc1ncc(Cl)c(Cl)n1.Clc1ncc(Cl)c(Cl)n1.NC1CC1.Nc1ccc(C(=O)O)cc1.Nc1ccccc1C(=O)NC1CC1.Nc1ccccc1C(=O)O.O=C(NC1CC1)c1ccccc1Nc1nc(Cl)ncc1Cl.O=c1[nH]cc(Cl)c(=O)[nH]1. The predicted octanol–water partition coefficient (Wildman–Crippen LogP) is 16.9. The summed E-state index contributed by atoms with van der Waals surface area (Å²) in [6.07, 6.45) is 12.8. The van der Waals surface area contributed by atoms with E-state index in [0.29, 0.717) is 84.1 Å². The first kappa shape index (κ1) is 101. The normalized spacial score (nSPS) is 12.4. The van der Waals surface area contributed by atoms with Gasteiger partial charge in [-0.25, -0.2) is 53.7 Å². The van der Waals surface area contributed by atoms with Gasteiger partial charge >= 0.3 is 35.8 Å². The van der Waals surface area contributed by atoms with Crippen molar-refractivity contribution in [2.45, 2.75) is 128 Å². The summed E-state index contributed by atoms with van der Waals surface area (Å²) in [6, 6.07) is 41.3. The second kappa shape index (κ2) is 49.9. The lowest BCUT2D eigenvalue weighted by Crippen LogP contribution is -2.29. The van der Waals surface area contributed by atoms with E-state index in [9.17, 15) is 47.9 Å². The van der Waals surface area contributed by atoms with Crippen LogP contribution >= 0.6 is 104 Å². The Morgan fingerprint density at radius 1 is 0.426 bits per heavy atom. The molecule has 0 atom stereocenters. The Morgan fingerprint density at radius 3 is 1.11 bits per heavy atom. The molecular formula is C80H85Cl9N18O15. The van der Waals surface area contributed by atoms with Gasteiger partial charge in [0.25, 0.3) is 23.3 Å². The van der Waals surface area contributed by atoms with E-state index in [0.717, 1.165) is 44.7 Å². The van der Waals surface area contributed by atoms with E-state index in [1.54, 1.807) is 133 Å². The number of carbonyl (C=O) groups is 8. The maximum absolute atomic E-state index is 12.2. The zero-order valence-corrected chi connectivity index (χ0v) is 72.6. The summed E-state index contributed by atoms with van der Waals surface area (Å²) < 4.78 is 10.2. The van der Waals surface area contributed by atoms with Crippen molar-refractivity contribution in [3.63, 3.8) is 0 Å². The second-order valence-corrected chi connectivity index (χ2v) is 31.0. The fraction of sp³-hybridized carbons (Fsp3) is 0.250. The Morgan fingerprint density at radius 2 is 0.770 bits per heavy atom. The number of benzene rings is 6. The topological polar surface area (TPSA) is 535 Å². The Hall–Kier alpha value is -11.6. The van der Waals surface area contributed by atoms with Crippen LogP contribution in [0.1, 0.15) is 155 Å². The highest BCUT2D eigenvalue weighted by Gasteiger charge is 2.28. The number of nitrogens with two attached hydrogens (primary N) is 4. The van der Waals surface area contributed by atoms with Crippen LogP contribution < -0.4 is 66.1 Å². The molecule has 4 aliphatic rings. The molecule has 4 saturated carbocycles. The fourth-order valence-electron chi connectivity index (χ4n) is 8.38. The number of nitrogen functional groups attached to an aromatic ring is 3. The number of ether oxygens (including phenoxy) is 2. The monoisotopic (exact) mass is 1850 g/mol. The summed E-state index contributed by atoms with van der Waals surface area (Å²) in [5.41, 5.74) is 24.0. The summed E-state index contributed by atoms with van der Waals surface area (Å²) in [6.45, 7) is 10.6. The number of aromatic nitrogens is 8. The number of aromatic amines is 2. The van der Waals surface area contributed by atoms with E-state index >= 15 is 0 Å². The maximum atomic E-state index is 12.2. The van der Waals surface area contributed by atoms with Gasteiger partial charge in [-0.05, 0) is 213 Å². The van der Waals surface area contributed by atoms with Gasteiger partial charge < -0.3 is 74.0 Å². The van der Waals surface area contributed by atoms with Crippen molar-refractivity contribution < 1.29 is 63.1 Å². The predicted molar refractivity (Wildman–Crippen MR) is 473 cm³/mol. The van der Waals surface area contributed by atoms with Gasteiger partial charge in [0.1, 0.15) is 21.2 Å². The quantitative estimate of drug-likeness (QED) is 0.0290. The number of aromatic carboxylic acids is 3. The number of anilines is 7. The molecular weight excluding hydrogens is 1770 g/mol. The van der Waals surface area contributed by atoms with Crippen molar-refractivity contribution in [2.75, 3.05) is 33.2 Å². The Bertz CT molecular complexity index is 5290. The number of carboxylic acids is 3. The van der Waals surface area contributed by atoms with E-state index in [4.69, 9.17) is 152 Å². The van der Waals surface area contributed by atoms with Gasteiger partial charge in [0, 0.05) is 47.4 Å². The first-order chi connectivity index (χ1) is 57.4. The summed E-state index contributed by atoms with van der Waals surface area (Å²) >= 11 is 49.6. The molecule has 4 aliphatic carbocycles. The average molecular weight is 1860 g/mol. The zero-order valence-electron chi connectivity index (χ0n) is 65.8. The van der Waals surface area contributed by atoms with Crippen LogP contribution in [0.25, 0.3) is 0 Å². The molecule has 0 saturated heterocycles. The highest BCUT2D eigenvalue weighted by atomic mass is 35.5. The third-order valence-electron chi connectivity index (χ3n) is 14.8. The molecule has 122 heavy (non-hydrogen) atoms. The van der Waals surface area contributed by atoms with Crippen molar-refractivity contribution in [3.05, 3.63) is 271 Å². The van der Waals surface area contributed by atoms with Crippen molar-refractivity contribution in [3.8, 4) is 0 Å². The molecule has 14 rings (SSSR count). The molecule has 0 radical (unpaired) electrons. The number of nitrogens with one attached hydrogen (secondary N) is 8. The first-order valence-corrected chi connectivity index (χ1v) is 39.7. The molecule has 0 spiro atoms. The van der Waals surface area contributed by atoms with Gasteiger partial charge in [-0.2, -0.15) is 4.98 Å². The highest BCUT2D eigenvalue weighted by molar-refractivity contribution is 6.42. The van der Waals surface area contributed by atoms with Crippen LogP contribution in [0.15, 0.2) is 180 Å². The van der Waals surface area contributed by atoms with E-state index in [1.165, 1.54) is 61.8 Å².